The minimum absolute atomic E-state index is 0.687. The topological polar surface area (TPSA) is 18.5 Å². The van der Waals surface area contributed by atoms with Crippen molar-refractivity contribution in [1.29, 1.82) is 0 Å². The molecule has 0 amide bonds. The van der Waals surface area contributed by atoms with Crippen LogP contribution in [0.4, 0.5) is 0 Å². The zero-order valence-electron chi connectivity index (χ0n) is 8.83. The lowest BCUT2D eigenvalue weighted by atomic mass is 10.0. The van der Waals surface area contributed by atoms with Gasteiger partial charge in [-0.15, -0.1) is 0 Å². The molecular weight excluding hydrogens is 194 g/mol. The molecule has 0 aliphatic carbocycles. The summed E-state index contributed by atoms with van der Waals surface area (Å²) in [6.45, 7) is 4.58. The summed E-state index contributed by atoms with van der Waals surface area (Å²) in [5.41, 5.74) is 0. The van der Waals surface area contributed by atoms with Crippen molar-refractivity contribution in [2.24, 2.45) is 0 Å². The molecule has 2 saturated heterocycles. The Labute approximate surface area is 91.4 Å². The zero-order chi connectivity index (χ0) is 9.97. The number of hydrogen-bond acceptors (Lipinski definition) is 2. The fourth-order valence-electron chi connectivity index (χ4n) is 2.35. The lowest BCUT2D eigenvalue weighted by Gasteiger charge is -2.42. The van der Waals surface area contributed by atoms with E-state index in [0.29, 0.717) is 6.04 Å². The number of nitrogens with zero attached hydrogens (tertiary/aromatic N) is 2. The van der Waals surface area contributed by atoms with Crippen LogP contribution in [-0.4, -0.2) is 54.2 Å². The maximum absolute atomic E-state index is 5.46. The molecule has 1 N–H and O–H groups in total. The predicted octanol–water partition coefficient (Wildman–Crippen LogP) is 0.661. The predicted molar refractivity (Wildman–Crippen MR) is 62.4 cm³/mol. The van der Waals surface area contributed by atoms with Crippen LogP contribution in [0.15, 0.2) is 0 Å². The Morgan fingerprint density at radius 2 is 2.00 bits per heavy atom. The van der Waals surface area contributed by atoms with Gasteiger partial charge in [-0.2, -0.15) is 0 Å². The van der Waals surface area contributed by atoms with Crippen molar-refractivity contribution < 1.29 is 0 Å². The third-order valence-corrected chi connectivity index (χ3v) is 3.76. The van der Waals surface area contributed by atoms with Gasteiger partial charge in [-0.25, -0.2) is 0 Å². The lowest BCUT2D eigenvalue weighted by molar-refractivity contribution is 0.201. The van der Waals surface area contributed by atoms with E-state index >= 15 is 0 Å². The second kappa shape index (κ2) is 4.45. The molecule has 0 aromatic carbocycles. The summed E-state index contributed by atoms with van der Waals surface area (Å²) in [5, 5.41) is 4.45. The van der Waals surface area contributed by atoms with Crippen molar-refractivity contribution in [3.63, 3.8) is 0 Å². The first-order valence-electron chi connectivity index (χ1n) is 5.51. The van der Waals surface area contributed by atoms with E-state index in [1.54, 1.807) is 0 Å². The Morgan fingerprint density at radius 3 is 2.71 bits per heavy atom. The fraction of sp³-hybridized carbons (Fsp3) is 0.900. The van der Waals surface area contributed by atoms with Crippen molar-refractivity contribution in [2.75, 3.05) is 33.2 Å². The van der Waals surface area contributed by atoms with Gasteiger partial charge in [-0.05, 0) is 44.6 Å². The van der Waals surface area contributed by atoms with E-state index in [1.807, 2.05) is 0 Å². The van der Waals surface area contributed by atoms with Crippen LogP contribution >= 0.6 is 12.2 Å². The van der Waals surface area contributed by atoms with Crippen molar-refractivity contribution in [2.45, 2.75) is 25.3 Å². The first-order valence-corrected chi connectivity index (χ1v) is 5.92. The van der Waals surface area contributed by atoms with E-state index in [9.17, 15) is 0 Å². The minimum Gasteiger partial charge on any atom is -0.352 e. The van der Waals surface area contributed by atoms with Crippen LogP contribution in [0.2, 0.25) is 0 Å². The van der Waals surface area contributed by atoms with Gasteiger partial charge in [-0.1, -0.05) is 0 Å². The van der Waals surface area contributed by atoms with Gasteiger partial charge in [0.25, 0.3) is 0 Å². The maximum atomic E-state index is 5.46. The van der Waals surface area contributed by atoms with Crippen molar-refractivity contribution >= 4 is 17.3 Å². The number of nitrogens with one attached hydrogen (secondary N) is 1. The summed E-state index contributed by atoms with van der Waals surface area (Å²) in [6, 6.07) is 0.687. The van der Waals surface area contributed by atoms with Gasteiger partial charge in [0.1, 0.15) is 0 Å². The highest BCUT2D eigenvalue weighted by Gasteiger charge is 2.27. The normalized spacial score (nSPS) is 25.6. The molecule has 2 aliphatic heterocycles. The molecule has 0 unspecified atom stereocenters. The van der Waals surface area contributed by atoms with Gasteiger partial charge < -0.3 is 15.1 Å². The van der Waals surface area contributed by atoms with Crippen molar-refractivity contribution in [3.05, 3.63) is 0 Å². The van der Waals surface area contributed by atoms with Crippen molar-refractivity contribution in [3.8, 4) is 0 Å². The maximum Gasteiger partial charge on any atom is 0.171 e. The van der Waals surface area contributed by atoms with Crippen LogP contribution in [0, 0.1) is 0 Å². The highest BCUT2D eigenvalue weighted by molar-refractivity contribution is 7.80. The average molecular weight is 213 g/mol. The van der Waals surface area contributed by atoms with Crippen LogP contribution < -0.4 is 5.32 Å². The Morgan fingerprint density at radius 1 is 1.29 bits per heavy atom. The smallest absolute Gasteiger partial charge is 0.171 e. The number of piperidine rings is 1. The molecule has 4 heteroatoms. The summed E-state index contributed by atoms with van der Waals surface area (Å²) < 4.78 is 0. The Hall–Kier alpha value is -0.350. The molecule has 0 aromatic rings. The fourth-order valence-corrected chi connectivity index (χ4v) is 2.68. The molecular formula is C10H19N3S. The minimum atomic E-state index is 0.687. The highest BCUT2D eigenvalue weighted by Crippen LogP contribution is 2.17. The summed E-state index contributed by atoms with van der Waals surface area (Å²) in [7, 11) is 2.11. The Kier molecular flexibility index (Phi) is 3.23. The highest BCUT2D eigenvalue weighted by atomic mass is 32.1. The summed E-state index contributed by atoms with van der Waals surface area (Å²) in [6.07, 6.45) is 3.74. The second-order valence-electron chi connectivity index (χ2n) is 4.23. The summed E-state index contributed by atoms with van der Waals surface area (Å²) >= 11 is 5.46. The largest absolute Gasteiger partial charge is 0.352 e. The van der Waals surface area contributed by atoms with Gasteiger partial charge in [0.15, 0.2) is 5.11 Å². The van der Waals surface area contributed by atoms with Crippen LogP contribution in [0.5, 0.6) is 0 Å². The van der Waals surface area contributed by atoms with E-state index in [0.717, 1.165) is 31.3 Å². The molecule has 3 nitrogen and oxygen atoms in total. The molecule has 0 atom stereocenters. The molecule has 2 fully saturated rings. The second-order valence-corrected chi connectivity index (χ2v) is 4.60. The first-order chi connectivity index (χ1) is 6.79. The Balaban J connectivity index is 1.97. The molecule has 0 spiro atoms. The molecule has 80 valence electrons. The van der Waals surface area contributed by atoms with E-state index < -0.39 is 0 Å². The van der Waals surface area contributed by atoms with E-state index in [1.165, 1.54) is 19.3 Å². The van der Waals surface area contributed by atoms with Gasteiger partial charge in [0.2, 0.25) is 0 Å². The quantitative estimate of drug-likeness (QED) is 0.645. The van der Waals surface area contributed by atoms with E-state index in [-0.39, 0.29) is 0 Å². The molecule has 0 bridgehead atoms. The van der Waals surface area contributed by atoms with Crippen LogP contribution in [0.3, 0.4) is 0 Å². The summed E-state index contributed by atoms with van der Waals surface area (Å²) in [4.78, 5) is 4.64. The third kappa shape index (κ3) is 2.01. The first kappa shape index (κ1) is 10.2. The number of hydrogen-bond donors (Lipinski definition) is 1. The van der Waals surface area contributed by atoms with Crippen LogP contribution in [0.25, 0.3) is 0 Å². The monoisotopic (exact) mass is 213 g/mol. The molecule has 14 heavy (non-hydrogen) atoms. The molecule has 0 saturated carbocycles. The van der Waals surface area contributed by atoms with Crippen molar-refractivity contribution in [1.82, 2.24) is 15.1 Å². The number of rotatable bonds is 1. The molecule has 0 aromatic heterocycles. The van der Waals surface area contributed by atoms with Gasteiger partial charge in [0, 0.05) is 26.2 Å². The van der Waals surface area contributed by atoms with Gasteiger partial charge >= 0.3 is 0 Å². The lowest BCUT2D eigenvalue weighted by Crippen LogP contribution is -2.54. The zero-order valence-corrected chi connectivity index (χ0v) is 9.65. The molecule has 2 aliphatic rings. The molecule has 2 heterocycles. The Bertz CT molecular complexity index is 213. The third-order valence-electron chi connectivity index (χ3n) is 3.21. The molecule has 2 rings (SSSR count). The van der Waals surface area contributed by atoms with Gasteiger partial charge in [-0.3, -0.25) is 0 Å². The summed E-state index contributed by atoms with van der Waals surface area (Å²) in [5.74, 6) is 0. The van der Waals surface area contributed by atoms with Gasteiger partial charge in [0.05, 0.1) is 0 Å². The van der Waals surface area contributed by atoms with E-state index in [4.69, 9.17) is 12.2 Å². The molecule has 0 radical (unpaired) electrons. The van der Waals surface area contributed by atoms with Crippen LogP contribution in [0.1, 0.15) is 19.3 Å². The average Bonchev–Trinajstić information content (AvgIpc) is 2.23. The SMILES string of the molecule is CN1CCCN(C2CCNCC2)C1=S. The van der Waals surface area contributed by atoms with Crippen LogP contribution in [-0.2, 0) is 0 Å². The number of thiocarbonyl (C=S) groups is 1. The van der Waals surface area contributed by atoms with E-state index in [2.05, 4.69) is 22.2 Å². The standard InChI is InChI=1S/C10H19N3S/c1-12-7-2-8-13(10(12)14)9-3-5-11-6-4-9/h9,11H,2-8H2,1H3.